The van der Waals surface area contributed by atoms with E-state index in [0.29, 0.717) is 16.4 Å². The zero-order valence-electron chi connectivity index (χ0n) is 12.8. The molecule has 22 heavy (non-hydrogen) atoms. The summed E-state index contributed by atoms with van der Waals surface area (Å²) >= 11 is 0. The number of pyridine rings is 1. The molecule has 2 heterocycles. The smallest absolute Gasteiger partial charge is 0.169 e. The molecule has 0 spiro atoms. The maximum atomic E-state index is 12.3. The summed E-state index contributed by atoms with van der Waals surface area (Å²) in [5.74, 6) is 0.546. The van der Waals surface area contributed by atoms with Crippen LogP contribution in [0.2, 0.25) is 0 Å². The van der Waals surface area contributed by atoms with Crippen LogP contribution in [0.4, 0.5) is 5.82 Å². The first-order valence-electron chi connectivity index (χ1n) is 7.04. The molecule has 3 rings (SSSR count). The zero-order chi connectivity index (χ0) is 15.7. The number of rotatable bonds is 3. The predicted octanol–water partition coefficient (Wildman–Crippen LogP) is 3.39. The quantitative estimate of drug-likeness (QED) is 0.778. The van der Waals surface area contributed by atoms with E-state index >= 15 is 0 Å². The lowest BCUT2D eigenvalue weighted by Gasteiger charge is -2.17. The summed E-state index contributed by atoms with van der Waals surface area (Å²) in [6, 6.07) is 13.2. The lowest BCUT2D eigenvalue weighted by Crippen LogP contribution is -2.13. The topological polar surface area (TPSA) is 70.7 Å². The van der Waals surface area contributed by atoms with Crippen molar-refractivity contribution in [2.75, 3.05) is 4.72 Å². The lowest BCUT2D eigenvalue weighted by atomic mass is 9.91. The van der Waals surface area contributed by atoms with Crippen molar-refractivity contribution in [3.63, 3.8) is 0 Å². The first-order chi connectivity index (χ1) is 10.4. The van der Waals surface area contributed by atoms with Crippen LogP contribution in [0.1, 0.15) is 26.5 Å². The molecule has 0 saturated carbocycles. The third-order valence-electron chi connectivity index (χ3n) is 3.34. The molecule has 1 atom stereocenters. The summed E-state index contributed by atoms with van der Waals surface area (Å²) < 4.78 is 15.2. The van der Waals surface area contributed by atoms with Crippen molar-refractivity contribution < 1.29 is 4.21 Å². The fraction of sp³-hybridized carbons (Fsp3) is 0.250. The van der Waals surface area contributed by atoms with Crippen molar-refractivity contribution in [1.29, 1.82) is 0 Å². The van der Waals surface area contributed by atoms with E-state index in [9.17, 15) is 4.21 Å². The molecule has 1 aromatic carbocycles. The first-order valence-corrected chi connectivity index (χ1v) is 8.19. The number of benzene rings is 1. The third-order valence-corrected chi connectivity index (χ3v) is 4.42. The van der Waals surface area contributed by atoms with E-state index in [1.54, 1.807) is 0 Å². The highest BCUT2D eigenvalue weighted by molar-refractivity contribution is 7.86. The number of nitrogens with zero attached hydrogens (tertiary/aromatic N) is 2. The number of nitrogens with one attached hydrogen (secondary N) is 2. The molecule has 0 amide bonds. The molecule has 0 aliphatic rings. The Labute approximate surface area is 131 Å². The van der Waals surface area contributed by atoms with Gasteiger partial charge in [0.05, 0.1) is 10.3 Å². The molecule has 0 radical (unpaired) electrons. The molecule has 2 N–H and O–H groups in total. The minimum Gasteiger partial charge on any atom is -0.283 e. The molecule has 0 aliphatic carbocycles. The highest BCUT2D eigenvalue weighted by atomic mass is 32.2. The van der Waals surface area contributed by atoms with Gasteiger partial charge in [-0.15, -0.1) is 0 Å². The van der Waals surface area contributed by atoms with Gasteiger partial charge >= 0.3 is 0 Å². The van der Waals surface area contributed by atoms with Crippen molar-refractivity contribution in [2.24, 2.45) is 0 Å². The van der Waals surface area contributed by atoms with E-state index in [0.717, 1.165) is 11.1 Å². The van der Waals surface area contributed by atoms with Crippen LogP contribution in [0, 0.1) is 0 Å². The Morgan fingerprint density at radius 3 is 2.50 bits per heavy atom. The summed E-state index contributed by atoms with van der Waals surface area (Å²) in [6.45, 7) is 6.34. The SMILES string of the molecule is CC(C)(C)c1ccc2c(NS(=O)c3ccccc3)n[nH]c2n1. The van der Waals surface area contributed by atoms with Gasteiger partial charge in [0.25, 0.3) is 0 Å². The minimum absolute atomic E-state index is 0.0280. The third kappa shape index (κ3) is 2.87. The highest BCUT2D eigenvalue weighted by Gasteiger charge is 2.17. The van der Waals surface area contributed by atoms with Crippen LogP contribution >= 0.6 is 0 Å². The van der Waals surface area contributed by atoms with E-state index in [2.05, 4.69) is 40.7 Å². The number of aromatic amines is 1. The largest absolute Gasteiger partial charge is 0.283 e. The van der Waals surface area contributed by atoms with Crippen molar-refractivity contribution in [1.82, 2.24) is 15.2 Å². The second-order valence-corrected chi connectivity index (χ2v) is 7.31. The normalized spacial score (nSPS) is 13.2. The summed E-state index contributed by atoms with van der Waals surface area (Å²) in [5, 5.41) is 7.92. The van der Waals surface area contributed by atoms with Gasteiger partial charge in [0, 0.05) is 11.1 Å². The molecular weight excluding hydrogens is 296 g/mol. The van der Waals surface area contributed by atoms with Crippen LogP contribution in [-0.2, 0) is 16.4 Å². The number of aromatic nitrogens is 3. The number of anilines is 1. The molecule has 0 fully saturated rings. The summed E-state index contributed by atoms with van der Waals surface area (Å²) in [4.78, 5) is 5.30. The maximum Gasteiger partial charge on any atom is 0.169 e. The highest BCUT2D eigenvalue weighted by Crippen LogP contribution is 2.25. The fourth-order valence-electron chi connectivity index (χ4n) is 2.09. The van der Waals surface area contributed by atoms with Crippen LogP contribution in [0.25, 0.3) is 11.0 Å². The number of hydrogen-bond donors (Lipinski definition) is 2. The van der Waals surface area contributed by atoms with E-state index in [4.69, 9.17) is 0 Å². The van der Waals surface area contributed by atoms with E-state index in [-0.39, 0.29) is 5.41 Å². The second-order valence-electron chi connectivity index (χ2n) is 6.10. The van der Waals surface area contributed by atoms with Gasteiger partial charge in [0.2, 0.25) is 0 Å². The fourth-order valence-corrected chi connectivity index (χ4v) is 2.94. The molecule has 114 valence electrons. The summed E-state index contributed by atoms with van der Waals surface area (Å²) in [6.07, 6.45) is 0. The van der Waals surface area contributed by atoms with E-state index in [1.165, 1.54) is 0 Å². The van der Waals surface area contributed by atoms with E-state index < -0.39 is 11.0 Å². The monoisotopic (exact) mass is 314 g/mol. The Morgan fingerprint density at radius 1 is 1.09 bits per heavy atom. The van der Waals surface area contributed by atoms with Gasteiger partial charge in [-0.3, -0.25) is 9.82 Å². The molecule has 3 aromatic rings. The Balaban J connectivity index is 1.91. The van der Waals surface area contributed by atoms with Crippen molar-refractivity contribution in [3.8, 4) is 0 Å². The van der Waals surface area contributed by atoms with Gasteiger partial charge in [-0.1, -0.05) is 39.0 Å². The van der Waals surface area contributed by atoms with Gasteiger partial charge in [-0.05, 0) is 24.3 Å². The second kappa shape index (κ2) is 5.53. The van der Waals surface area contributed by atoms with E-state index in [1.807, 2.05) is 42.5 Å². The molecule has 0 aliphatic heterocycles. The van der Waals surface area contributed by atoms with Crippen LogP contribution in [-0.4, -0.2) is 19.4 Å². The minimum atomic E-state index is -1.35. The Kier molecular flexibility index (Phi) is 3.70. The summed E-state index contributed by atoms with van der Waals surface area (Å²) in [5.41, 5.74) is 1.65. The number of fused-ring (bicyclic) bond motifs is 1. The maximum absolute atomic E-state index is 12.3. The van der Waals surface area contributed by atoms with Crippen LogP contribution in [0.5, 0.6) is 0 Å². The van der Waals surface area contributed by atoms with Crippen LogP contribution in [0.15, 0.2) is 47.4 Å². The molecule has 0 saturated heterocycles. The Bertz CT molecular complexity index is 821. The molecule has 2 aromatic heterocycles. The average Bonchev–Trinajstić information content (AvgIpc) is 2.89. The predicted molar refractivity (Wildman–Crippen MR) is 89.1 cm³/mol. The standard InChI is InChI=1S/C16H18N4OS/c1-16(2,3)13-10-9-12-14(17-13)18-19-15(12)20-22(21)11-7-5-4-6-8-11/h4-10H,1-3H3,(H2,17,18,19,20). The lowest BCUT2D eigenvalue weighted by molar-refractivity contribution is 0.571. The zero-order valence-corrected chi connectivity index (χ0v) is 13.6. The van der Waals surface area contributed by atoms with Crippen molar-refractivity contribution >= 4 is 27.8 Å². The Hall–Kier alpha value is -2.21. The van der Waals surface area contributed by atoms with Crippen LogP contribution in [0.3, 0.4) is 0 Å². The van der Waals surface area contributed by atoms with Gasteiger partial charge in [0.15, 0.2) is 22.5 Å². The number of hydrogen-bond acceptors (Lipinski definition) is 3. The molecular formula is C16H18N4OS. The van der Waals surface area contributed by atoms with Gasteiger partial charge in [-0.2, -0.15) is 5.10 Å². The summed E-state index contributed by atoms with van der Waals surface area (Å²) in [7, 11) is -1.35. The molecule has 5 nitrogen and oxygen atoms in total. The van der Waals surface area contributed by atoms with Gasteiger partial charge in [-0.25, -0.2) is 9.19 Å². The van der Waals surface area contributed by atoms with Crippen molar-refractivity contribution in [3.05, 3.63) is 48.2 Å². The average molecular weight is 314 g/mol. The molecule has 6 heteroatoms. The van der Waals surface area contributed by atoms with Crippen LogP contribution < -0.4 is 4.72 Å². The first kappa shape index (κ1) is 14.7. The molecule has 1 unspecified atom stereocenters. The number of H-pyrrole nitrogens is 1. The van der Waals surface area contributed by atoms with Crippen molar-refractivity contribution in [2.45, 2.75) is 31.1 Å². The van der Waals surface area contributed by atoms with Gasteiger partial charge in [0.1, 0.15) is 0 Å². The van der Waals surface area contributed by atoms with Gasteiger partial charge < -0.3 is 0 Å². The molecule has 0 bridgehead atoms. The Morgan fingerprint density at radius 2 is 1.82 bits per heavy atom.